The summed E-state index contributed by atoms with van der Waals surface area (Å²) in [5.74, 6) is -1.01. The molecular weight excluding hydrogens is 472 g/mol. The van der Waals surface area contributed by atoms with Crippen molar-refractivity contribution in [3.63, 3.8) is 0 Å². The first-order valence-corrected chi connectivity index (χ1v) is 13.5. The minimum absolute atomic E-state index is 0.0136. The van der Waals surface area contributed by atoms with Crippen LogP contribution in [0.3, 0.4) is 0 Å². The Bertz CT molecular complexity index is 910. The lowest BCUT2D eigenvalue weighted by Crippen LogP contribution is -2.56. The highest BCUT2D eigenvalue weighted by Crippen LogP contribution is 2.27. The monoisotopic (exact) mass is 514 g/mol. The number of carbonyl (C=O) groups is 3. The highest BCUT2D eigenvalue weighted by molar-refractivity contribution is 5.95. The van der Waals surface area contributed by atoms with Crippen molar-refractivity contribution in [2.75, 3.05) is 19.6 Å². The van der Waals surface area contributed by atoms with Gasteiger partial charge in [-0.25, -0.2) is 0 Å². The van der Waals surface area contributed by atoms with Gasteiger partial charge in [-0.3, -0.25) is 25.1 Å². The number of amides is 2. The van der Waals surface area contributed by atoms with Crippen LogP contribution in [0.4, 0.5) is 0 Å². The van der Waals surface area contributed by atoms with E-state index in [1.807, 2.05) is 12.1 Å². The number of carboxylic acids is 1. The van der Waals surface area contributed by atoms with Crippen LogP contribution in [0.1, 0.15) is 68.9 Å². The number of benzene rings is 1. The molecule has 8 N–H and O–H groups in total. The predicted molar refractivity (Wildman–Crippen MR) is 142 cm³/mol. The second-order valence-electron chi connectivity index (χ2n) is 10.3. The van der Waals surface area contributed by atoms with Crippen molar-refractivity contribution in [1.29, 1.82) is 5.41 Å². The maximum atomic E-state index is 13.4. The Morgan fingerprint density at radius 2 is 1.70 bits per heavy atom. The van der Waals surface area contributed by atoms with E-state index in [1.165, 1.54) is 0 Å². The van der Waals surface area contributed by atoms with Gasteiger partial charge in [0.05, 0.1) is 12.6 Å². The Morgan fingerprint density at radius 1 is 1.03 bits per heavy atom. The number of aliphatic carboxylic acids is 1. The Hall–Kier alpha value is -2.98. The molecule has 1 saturated carbocycles. The van der Waals surface area contributed by atoms with E-state index in [1.54, 1.807) is 12.1 Å². The van der Waals surface area contributed by atoms with Gasteiger partial charge in [-0.15, -0.1) is 0 Å². The number of carboxylic acid groups (broad SMARTS) is 1. The first kappa shape index (κ1) is 28.6. The summed E-state index contributed by atoms with van der Waals surface area (Å²) in [6, 6.07) is 5.77. The topological polar surface area (TPSA) is 169 Å². The smallest absolute Gasteiger partial charge is 0.317 e. The number of hydrogen-bond donors (Lipinski definition) is 7. The highest BCUT2D eigenvalue weighted by atomic mass is 16.4. The lowest BCUT2D eigenvalue weighted by Gasteiger charge is -2.31. The van der Waals surface area contributed by atoms with E-state index >= 15 is 0 Å². The summed E-state index contributed by atoms with van der Waals surface area (Å²) in [6.07, 6.45) is 8.37. The second-order valence-corrected chi connectivity index (χ2v) is 10.3. The Labute approximate surface area is 219 Å². The molecule has 2 fully saturated rings. The van der Waals surface area contributed by atoms with E-state index in [0.29, 0.717) is 24.4 Å². The highest BCUT2D eigenvalue weighted by Gasteiger charge is 2.32. The third-order valence-electron chi connectivity index (χ3n) is 7.56. The van der Waals surface area contributed by atoms with Gasteiger partial charge in [0, 0.05) is 12.1 Å². The van der Waals surface area contributed by atoms with Crippen molar-refractivity contribution in [3.8, 4) is 0 Å². The van der Waals surface area contributed by atoms with Crippen LogP contribution in [0.15, 0.2) is 24.3 Å². The molecule has 1 aromatic carbocycles. The van der Waals surface area contributed by atoms with Gasteiger partial charge in [0.15, 0.2) is 0 Å². The summed E-state index contributed by atoms with van der Waals surface area (Å²) in [5.41, 5.74) is 7.00. The minimum Gasteiger partial charge on any atom is -0.480 e. The standard InChI is InChI=1S/C27H42N6O4/c28-25(29)21-9-6-19(7-10-21)16-32-26(36)22(11-8-18-12-14-30-15-13-18)33-27(37)24(31-17-23(34)35)20-4-2-1-3-5-20/h6-7,9-10,18,20,22,24,30-31H,1-5,8,11-17H2,(H3,28,29)(H,32,36)(H,33,37)(H,34,35)/t22?,24-/m0/s1. The maximum Gasteiger partial charge on any atom is 0.317 e. The van der Waals surface area contributed by atoms with E-state index in [0.717, 1.165) is 70.0 Å². The molecule has 10 nitrogen and oxygen atoms in total. The van der Waals surface area contributed by atoms with Crippen LogP contribution < -0.4 is 27.0 Å². The van der Waals surface area contributed by atoms with E-state index in [4.69, 9.17) is 11.1 Å². The average Bonchev–Trinajstić information content (AvgIpc) is 2.91. The number of carbonyl (C=O) groups excluding carboxylic acids is 2. The number of amidine groups is 1. The van der Waals surface area contributed by atoms with Crippen LogP contribution >= 0.6 is 0 Å². The summed E-state index contributed by atoms with van der Waals surface area (Å²) >= 11 is 0. The van der Waals surface area contributed by atoms with Crippen molar-refractivity contribution < 1.29 is 19.5 Å². The molecule has 1 saturated heterocycles. The SMILES string of the molecule is N=C(N)c1ccc(CNC(=O)C(CCC2CCNCC2)NC(=O)[C@@H](NCC(=O)O)C2CCCCC2)cc1. The fourth-order valence-corrected chi connectivity index (χ4v) is 5.36. The predicted octanol–water partition coefficient (Wildman–Crippen LogP) is 1.47. The van der Waals surface area contributed by atoms with Crippen LogP contribution in [0.5, 0.6) is 0 Å². The second kappa shape index (κ2) is 14.7. The van der Waals surface area contributed by atoms with Gasteiger partial charge in [0.25, 0.3) is 0 Å². The molecule has 1 aliphatic heterocycles. The number of nitrogens with two attached hydrogens (primary N) is 1. The molecule has 1 unspecified atom stereocenters. The lowest BCUT2D eigenvalue weighted by molar-refractivity contribution is -0.137. The van der Waals surface area contributed by atoms with Gasteiger partial charge in [0.1, 0.15) is 11.9 Å². The van der Waals surface area contributed by atoms with Crippen molar-refractivity contribution in [2.45, 2.75) is 76.4 Å². The molecular formula is C27H42N6O4. The molecule has 0 bridgehead atoms. The van der Waals surface area contributed by atoms with Crippen LogP contribution in [0.2, 0.25) is 0 Å². The number of nitrogen functional groups attached to an aromatic ring is 1. The number of rotatable bonds is 13. The fourth-order valence-electron chi connectivity index (χ4n) is 5.36. The minimum atomic E-state index is -1.01. The van der Waals surface area contributed by atoms with E-state index in [9.17, 15) is 19.5 Å². The van der Waals surface area contributed by atoms with Crippen molar-refractivity contribution in [3.05, 3.63) is 35.4 Å². The lowest BCUT2D eigenvalue weighted by atomic mass is 9.83. The van der Waals surface area contributed by atoms with Crippen molar-refractivity contribution in [2.24, 2.45) is 17.6 Å². The normalized spacial score (nSPS) is 18.5. The molecule has 0 aromatic heterocycles. The van der Waals surface area contributed by atoms with Crippen LogP contribution in [0, 0.1) is 17.2 Å². The fraction of sp³-hybridized carbons (Fsp3) is 0.630. The maximum absolute atomic E-state index is 13.4. The zero-order valence-electron chi connectivity index (χ0n) is 21.6. The first-order chi connectivity index (χ1) is 17.8. The van der Waals surface area contributed by atoms with Gasteiger partial charge >= 0.3 is 5.97 Å². The van der Waals surface area contributed by atoms with Gasteiger partial charge in [-0.2, -0.15) is 0 Å². The van der Waals surface area contributed by atoms with Crippen LogP contribution in [-0.2, 0) is 20.9 Å². The van der Waals surface area contributed by atoms with E-state index in [-0.39, 0.29) is 30.1 Å². The van der Waals surface area contributed by atoms with Crippen LogP contribution in [-0.4, -0.2) is 60.4 Å². The molecule has 37 heavy (non-hydrogen) atoms. The number of nitrogens with one attached hydrogen (secondary N) is 5. The summed E-state index contributed by atoms with van der Waals surface area (Å²) in [5, 5.41) is 28.9. The molecule has 1 heterocycles. The Kier molecular flexibility index (Phi) is 11.3. The van der Waals surface area contributed by atoms with Gasteiger partial charge in [0.2, 0.25) is 11.8 Å². The molecule has 2 aliphatic rings. The molecule has 204 valence electrons. The zero-order chi connectivity index (χ0) is 26.6. The number of hydrogen-bond acceptors (Lipinski definition) is 6. The van der Waals surface area contributed by atoms with E-state index in [2.05, 4.69) is 21.3 Å². The van der Waals surface area contributed by atoms with Gasteiger partial charge in [-0.1, -0.05) is 43.5 Å². The molecule has 1 aliphatic carbocycles. The van der Waals surface area contributed by atoms with Crippen molar-refractivity contribution >= 4 is 23.6 Å². The molecule has 1 aromatic rings. The van der Waals surface area contributed by atoms with Gasteiger partial charge < -0.3 is 26.8 Å². The largest absolute Gasteiger partial charge is 0.480 e. The molecule has 10 heteroatoms. The van der Waals surface area contributed by atoms with E-state index < -0.39 is 18.1 Å². The third-order valence-corrected chi connectivity index (χ3v) is 7.56. The summed E-state index contributed by atoms with van der Waals surface area (Å²) in [4.78, 5) is 37.9. The van der Waals surface area contributed by atoms with Crippen molar-refractivity contribution in [1.82, 2.24) is 21.3 Å². The quantitative estimate of drug-likeness (QED) is 0.154. The molecule has 2 amide bonds. The summed E-state index contributed by atoms with van der Waals surface area (Å²) in [6.45, 7) is 1.93. The summed E-state index contributed by atoms with van der Waals surface area (Å²) < 4.78 is 0. The molecule has 0 radical (unpaired) electrons. The van der Waals surface area contributed by atoms with Crippen LogP contribution in [0.25, 0.3) is 0 Å². The molecule has 3 rings (SSSR count). The third kappa shape index (κ3) is 9.44. The zero-order valence-corrected chi connectivity index (χ0v) is 21.6. The first-order valence-electron chi connectivity index (χ1n) is 13.5. The van der Waals surface area contributed by atoms with Gasteiger partial charge in [-0.05, 0) is 69.0 Å². The average molecular weight is 515 g/mol. The Balaban J connectivity index is 1.66. The Morgan fingerprint density at radius 3 is 2.32 bits per heavy atom. The molecule has 0 spiro atoms. The summed E-state index contributed by atoms with van der Waals surface area (Å²) in [7, 11) is 0. The number of piperidine rings is 1. The molecule has 2 atom stereocenters.